The van der Waals surface area contributed by atoms with Crippen molar-refractivity contribution in [1.29, 1.82) is 0 Å². The zero-order valence-corrected chi connectivity index (χ0v) is 27.3. The van der Waals surface area contributed by atoms with Crippen LogP contribution in [0.25, 0.3) is 0 Å². The van der Waals surface area contributed by atoms with Gasteiger partial charge in [-0.2, -0.15) is 0 Å². The molecule has 0 radical (unpaired) electrons. The number of methoxy groups -OCH3 is 3. The molecule has 10 nitrogen and oxygen atoms in total. The number of ether oxygens (including phenoxy) is 3. The predicted octanol–water partition coefficient (Wildman–Crippen LogP) is 5.03. The minimum Gasteiger partial charge on any atom is -0.495 e. The summed E-state index contributed by atoms with van der Waals surface area (Å²) in [5.74, 6) is -1.04. The van der Waals surface area contributed by atoms with Crippen LogP contribution in [0.1, 0.15) is 33.3 Å². The van der Waals surface area contributed by atoms with E-state index in [9.17, 15) is 22.4 Å². The molecular weight excluding hydrogens is 613 g/mol. The molecule has 2 amide bonds. The molecule has 0 unspecified atom stereocenters. The number of hydrogen-bond donors (Lipinski definition) is 1. The summed E-state index contributed by atoms with van der Waals surface area (Å²) < 4.78 is 59.1. The number of sulfonamides is 1. The molecule has 0 aliphatic rings. The largest absolute Gasteiger partial charge is 0.495 e. The van der Waals surface area contributed by atoms with Crippen molar-refractivity contribution in [3.8, 4) is 17.2 Å². The van der Waals surface area contributed by atoms with E-state index in [1.807, 2.05) is 0 Å². The molecule has 0 aliphatic carbocycles. The highest BCUT2D eigenvalue weighted by Gasteiger charge is 2.35. The Balaban J connectivity index is 2.15. The molecule has 44 heavy (non-hydrogen) atoms. The van der Waals surface area contributed by atoms with Crippen LogP contribution in [0.15, 0.2) is 65.6 Å². The van der Waals surface area contributed by atoms with Gasteiger partial charge in [-0.3, -0.25) is 13.9 Å². The van der Waals surface area contributed by atoms with Crippen LogP contribution < -0.4 is 23.8 Å². The van der Waals surface area contributed by atoms with E-state index in [2.05, 4.69) is 5.32 Å². The lowest BCUT2D eigenvalue weighted by atomic mass is 10.1. The summed E-state index contributed by atoms with van der Waals surface area (Å²) in [7, 11) is -0.340. The Labute approximate surface area is 262 Å². The zero-order chi connectivity index (χ0) is 32.8. The van der Waals surface area contributed by atoms with Crippen LogP contribution in [0.2, 0.25) is 5.02 Å². The van der Waals surface area contributed by atoms with Gasteiger partial charge in [0.15, 0.2) is 11.5 Å². The number of anilines is 1. The highest BCUT2D eigenvalue weighted by molar-refractivity contribution is 7.92. The Kier molecular flexibility index (Phi) is 11.1. The van der Waals surface area contributed by atoms with Gasteiger partial charge in [-0.1, -0.05) is 23.7 Å². The maximum Gasteiger partial charge on any atom is 0.265 e. The summed E-state index contributed by atoms with van der Waals surface area (Å²) in [6.45, 7) is 6.10. The molecule has 1 atom stereocenters. The van der Waals surface area contributed by atoms with Gasteiger partial charge in [-0.25, -0.2) is 12.8 Å². The monoisotopic (exact) mass is 649 g/mol. The fourth-order valence-corrected chi connectivity index (χ4v) is 5.92. The van der Waals surface area contributed by atoms with Crippen LogP contribution in [0.3, 0.4) is 0 Å². The van der Waals surface area contributed by atoms with Crippen molar-refractivity contribution in [2.45, 2.75) is 50.7 Å². The van der Waals surface area contributed by atoms with Crippen molar-refractivity contribution in [2.75, 3.05) is 32.2 Å². The van der Waals surface area contributed by atoms with E-state index in [4.69, 9.17) is 25.8 Å². The summed E-state index contributed by atoms with van der Waals surface area (Å²) in [4.78, 5) is 28.4. The summed E-state index contributed by atoms with van der Waals surface area (Å²) >= 11 is 6.28. The lowest BCUT2D eigenvalue weighted by Gasteiger charge is -2.33. The first kappa shape index (κ1) is 34.5. The summed E-state index contributed by atoms with van der Waals surface area (Å²) in [5, 5.41) is 3.05. The van der Waals surface area contributed by atoms with E-state index in [0.717, 1.165) is 4.31 Å². The summed E-state index contributed by atoms with van der Waals surface area (Å²) in [6, 6.07) is 12.8. The smallest absolute Gasteiger partial charge is 0.265 e. The lowest BCUT2D eigenvalue weighted by molar-refractivity contribution is -0.140. The van der Waals surface area contributed by atoms with E-state index in [0.29, 0.717) is 11.3 Å². The van der Waals surface area contributed by atoms with Crippen LogP contribution in [0.5, 0.6) is 17.2 Å². The van der Waals surface area contributed by atoms with Crippen molar-refractivity contribution in [3.63, 3.8) is 0 Å². The van der Waals surface area contributed by atoms with Gasteiger partial charge in [0, 0.05) is 23.2 Å². The molecule has 0 fully saturated rings. The SMILES string of the molecule is COc1ccc(S(=O)(=O)N(CC(=O)N(Cc2ccc(F)cc2)[C@@H](C)C(=O)NC(C)(C)C)c2cc(Cl)ccc2OC)cc1OC. The second kappa shape index (κ2) is 14.2. The zero-order valence-electron chi connectivity index (χ0n) is 25.7. The quantitative estimate of drug-likeness (QED) is 0.293. The van der Waals surface area contributed by atoms with Gasteiger partial charge in [0.05, 0.1) is 31.9 Å². The fraction of sp³-hybridized carbons (Fsp3) is 0.355. The third kappa shape index (κ3) is 8.32. The van der Waals surface area contributed by atoms with E-state index < -0.39 is 45.8 Å². The number of nitrogens with zero attached hydrogens (tertiary/aromatic N) is 2. The summed E-state index contributed by atoms with van der Waals surface area (Å²) in [6.07, 6.45) is 0. The predicted molar refractivity (Wildman–Crippen MR) is 166 cm³/mol. The van der Waals surface area contributed by atoms with Crippen LogP contribution in [0.4, 0.5) is 10.1 Å². The van der Waals surface area contributed by atoms with Crippen molar-refractivity contribution in [2.24, 2.45) is 0 Å². The molecule has 0 heterocycles. The molecule has 3 aromatic rings. The van der Waals surface area contributed by atoms with E-state index in [1.165, 1.54) is 93.8 Å². The number of benzene rings is 3. The van der Waals surface area contributed by atoms with Gasteiger partial charge in [0.25, 0.3) is 10.0 Å². The fourth-order valence-electron chi connectivity index (χ4n) is 4.32. The number of hydrogen-bond acceptors (Lipinski definition) is 7. The topological polar surface area (TPSA) is 114 Å². The third-order valence-electron chi connectivity index (χ3n) is 6.56. The van der Waals surface area contributed by atoms with Crippen LogP contribution in [-0.2, 0) is 26.2 Å². The van der Waals surface area contributed by atoms with Crippen LogP contribution >= 0.6 is 11.6 Å². The molecule has 0 spiro atoms. The molecule has 0 aliphatic heterocycles. The average Bonchev–Trinajstić information content (AvgIpc) is 2.97. The van der Waals surface area contributed by atoms with E-state index in [1.54, 1.807) is 20.8 Å². The minimum atomic E-state index is -4.48. The van der Waals surface area contributed by atoms with Crippen molar-refractivity contribution < 1.29 is 36.6 Å². The molecule has 238 valence electrons. The Morgan fingerprint density at radius 3 is 2.07 bits per heavy atom. The normalized spacial score (nSPS) is 12.2. The number of rotatable bonds is 12. The van der Waals surface area contributed by atoms with Gasteiger partial charge in [0.2, 0.25) is 11.8 Å². The average molecular weight is 650 g/mol. The number of amides is 2. The number of nitrogens with one attached hydrogen (secondary N) is 1. The summed E-state index contributed by atoms with van der Waals surface area (Å²) in [5.41, 5.74) is -0.0752. The van der Waals surface area contributed by atoms with E-state index in [-0.39, 0.29) is 33.6 Å². The maximum absolute atomic E-state index is 14.3. The maximum atomic E-state index is 14.3. The Morgan fingerprint density at radius 2 is 1.50 bits per heavy atom. The highest BCUT2D eigenvalue weighted by atomic mass is 35.5. The van der Waals surface area contributed by atoms with Crippen LogP contribution in [0, 0.1) is 5.82 Å². The van der Waals surface area contributed by atoms with Crippen molar-refractivity contribution >= 4 is 39.1 Å². The van der Waals surface area contributed by atoms with Gasteiger partial charge in [-0.05, 0) is 75.7 Å². The van der Waals surface area contributed by atoms with Crippen molar-refractivity contribution in [3.05, 3.63) is 77.1 Å². The lowest BCUT2D eigenvalue weighted by Crippen LogP contribution is -2.54. The number of carbonyl (C=O) groups excluding carboxylic acids is 2. The molecule has 0 bridgehead atoms. The first-order valence-electron chi connectivity index (χ1n) is 13.6. The van der Waals surface area contributed by atoms with Gasteiger partial charge >= 0.3 is 0 Å². The first-order chi connectivity index (χ1) is 20.6. The van der Waals surface area contributed by atoms with Gasteiger partial charge < -0.3 is 24.4 Å². The van der Waals surface area contributed by atoms with Gasteiger partial charge in [0.1, 0.15) is 24.2 Å². The molecule has 13 heteroatoms. The van der Waals surface area contributed by atoms with E-state index >= 15 is 0 Å². The Morgan fingerprint density at radius 1 is 0.909 bits per heavy atom. The Bertz CT molecular complexity index is 1590. The first-order valence-corrected chi connectivity index (χ1v) is 15.4. The standard InChI is InChI=1S/C31H37ClFN3O7S/c1-20(30(38)34-31(2,3)4)35(18-21-8-11-23(33)12-9-21)29(37)19-36(25-16-22(32)10-14-26(25)41-5)44(39,40)24-13-15-27(42-6)28(17-24)43-7/h8-17,20H,18-19H2,1-7H3,(H,34,38)/t20-/m0/s1. The molecule has 0 aromatic heterocycles. The highest BCUT2D eigenvalue weighted by Crippen LogP contribution is 2.37. The number of halogens is 2. The number of carbonyl (C=O) groups is 2. The van der Waals surface area contributed by atoms with Gasteiger partial charge in [-0.15, -0.1) is 0 Å². The molecular formula is C31H37ClFN3O7S. The van der Waals surface area contributed by atoms with Crippen LogP contribution in [-0.4, -0.2) is 64.6 Å². The molecule has 0 saturated carbocycles. The second-order valence-corrected chi connectivity index (χ2v) is 13.2. The molecule has 3 rings (SSSR count). The third-order valence-corrected chi connectivity index (χ3v) is 8.55. The second-order valence-electron chi connectivity index (χ2n) is 10.9. The molecule has 1 N–H and O–H groups in total. The Hall–Kier alpha value is -4.03. The molecule has 0 saturated heterocycles. The van der Waals surface area contributed by atoms with Crippen molar-refractivity contribution in [1.82, 2.24) is 10.2 Å². The minimum absolute atomic E-state index is 0.00309. The molecule has 3 aromatic carbocycles.